The van der Waals surface area contributed by atoms with Gasteiger partial charge in [-0.1, -0.05) is 24.3 Å². The van der Waals surface area contributed by atoms with Crippen molar-refractivity contribution in [3.63, 3.8) is 0 Å². The molecule has 1 aliphatic heterocycles. The molecule has 2 aromatic carbocycles. The van der Waals surface area contributed by atoms with Crippen LogP contribution in [0.1, 0.15) is 18.7 Å². The number of benzene rings is 2. The van der Waals surface area contributed by atoms with E-state index in [0.29, 0.717) is 28.5 Å². The Kier molecular flexibility index (Phi) is 4.65. The largest absolute Gasteiger partial charge is 0.493 e. The summed E-state index contributed by atoms with van der Waals surface area (Å²) in [5.41, 5.74) is 1.23. The van der Waals surface area contributed by atoms with E-state index in [1.54, 1.807) is 25.3 Å². The molecule has 0 bridgehead atoms. The van der Waals surface area contributed by atoms with E-state index in [-0.39, 0.29) is 31.0 Å². The van der Waals surface area contributed by atoms with Crippen LogP contribution < -0.4 is 19.7 Å². The van der Waals surface area contributed by atoms with Crippen molar-refractivity contribution in [2.24, 2.45) is 0 Å². The fourth-order valence-electron chi connectivity index (χ4n) is 3.26. The summed E-state index contributed by atoms with van der Waals surface area (Å²) in [6.07, 6.45) is 0. The molecular formula is C21H20N2O5. The topological polar surface area (TPSA) is 81.0 Å². The molecule has 28 heavy (non-hydrogen) atoms. The molecule has 7 nitrogen and oxygen atoms in total. The van der Waals surface area contributed by atoms with Crippen molar-refractivity contribution in [1.29, 1.82) is 0 Å². The van der Waals surface area contributed by atoms with E-state index in [9.17, 15) is 9.59 Å². The minimum atomic E-state index is -0.365. The SMILES string of the molecule is COc1cccc2cc(C(C)NC(=O)CN3C(=O)COc4ccccc43)oc12. The quantitative estimate of drug-likeness (QED) is 0.736. The van der Waals surface area contributed by atoms with Gasteiger partial charge in [0, 0.05) is 5.39 Å². The van der Waals surface area contributed by atoms with E-state index < -0.39 is 0 Å². The summed E-state index contributed by atoms with van der Waals surface area (Å²) in [6.45, 7) is 1.66. The molecule has 0 saturated carbocycles. The van der Waals surface area contributed by atoms with Crippen LogP contribution in [0, 0.1) is 0 Å². The van der Waals surface area contributed by atoms with Crippen LogP contribution >= 0.6 is 0 Å². The van der Waals surface area contributed by atoms with E-state index >= 15 is 0 Å². The predicted molar refractivity (Wildman–Crippen MR) is 104 cm³/mol. The first kappa shape index (κ1) is 17.9. The van der Waals surface area contributed by atoms with Gasteiger partial charge < -0.3 is 19.2 Å². The lowest BCUT2D eigenvalue weighted by Gasteiger charge is -2.29. The Bertz CT molecular complexity index is 1040. The van der Waals surface area contributed by atoms with Gasteiger partial charge in [0.15, 0.2) is 17.9 Å². The van der Waals surface area contributed by atoms with Gasteiger partial charge >= 0.3 is 0 Å². The number of furan rings is 1. The highest BCUT2D eigenvalue weighted by molar-refractivity contribution is 6.02. The summed E-state index contributed by atoms with van der Waals surface area (Å²) in [4.78, 5) is 26.2. The van der Waals surface area contributed by atoms with Crippen molar-refractivity contribution >= 4 is 28.5 Å². The summed E-state index contributed by atoms with van der Waals surface area (Å²) in [5.74, 6) is 1.30. The van der Waals surface area contributed by atoms with Crippen molar-refractivity contribution < 1.29 is 23.5 Å². The molecule has 1 unspecified atom stereocenters. The molecule has 7 heteroatoms. The number of para-hydroxylation sites is 3. The van der Waals surface area contributed by atoms with Crippen molar-refractivity contribution in [2.45, 2.75) is 13.0 Å². The second-order valence-electron chi connectivity index (χ2n) is 6.55. The van der Waals surface area contributed by atoms with Gasteiger partial charge in [0.25, 0.3) is 5.91 Å². The number of nitrogens with zero attached hydrogens (tertiary/aromatic N) is 1. The number of methoxy groups -OCH3 is 1. The number of rotatable bonds is 5. The summed E-state index contributed by atoms with van der Waals surface area (Å²) in [6, 6.07) is 14.3. The van der Waals surface area contributed by atoms with Crippen LogP contribution in [0.4, 0.5) is 5.69 Å². The molecule has 0 radical (unpaired) electrons. The Balaban J connectivity index is 1.49. The highest BCUT2D eigenvalue weighted by Crippen LogP contribution is 2.32. The second kappa shape index (κ2) is 7.26. The summed E-state index contributed by atoms with van der Waals surface area (Å²) in [5, 5.41) is 3.78. The van der Waals surface area contributed by atoms with Crippen LogP contribution in [-0.4, -0.2) is 32.1 Å². The minimum absolute atomic E-state index is 0.0801. The van der Waals surface area contributed by atoms with Crippen molar-refractivity contribution in [3.8, 4) is 11.5 Å². The van der Waals surface area contributed by atoms with Crippen LogP contribution in [-0.2, 0) is 9.59 Å². The van der Waals surface area contributed by atoms with E-state index in [4.69, 9.17) is 13.9 Å². The third-order valence-electron chi connectivity index (χ3n) is 4.66. The maximum atomic E-state index is 12.6. The van der Waals surface area contributed by atoms with Crippen molar-refractivity contribution in [1.82, 2.24) is 5.32 Å². The molecule has 1 atom stereocenters. The van der Waals surface area contributed by atoms with Gasteiger partial charge in [-0.3, -0.25) is 14.5 Å². The molecule has 3 aromatic rings. The molecule has 2 heterocycles. The molecule has 2 amide bonds. The number of hydrogen-bond donors (Lipinski definition) is 1. The van der Waals surface area contributed by atoms with E-state index in [0.717, 1.165) is 5.39 Å². The number of ether oxygens (including phenoxy) is 2. The normalized spacial score (nSPS) is 14.4. The minimum Gasteiger partial charge on any atom is -0.493 e. The Morgan fingerprint density at radius 3 is 2.89 bits per heavy atom. The molecular weight excluding hydrogens is 360 g/mol. The van der Waals surface area contributed by atoms with Gasteiger partial charge in [0.05, 0.1) is 18.8 Å². The maximum Gasteiger partial charge on any atom is 0.265 e. The van der Waals surface area contributed by atoms with Gasteiger partial charge in [-0.15, -0.1) is 0 Å². The number of anilines is 1. The third kappa shape index (κ3) is 3.26. The van der Waals surface area contributed by atoms with Gasteiger partial charge in [-0.2, -0.15) is 0 Å². The zero-order valence-electron chi connectivity index (χ0n) is 15.6. The first-order valence-electron chi connectivity index (χ1n) is 8.95. The maximum absolute atomic E-state index is 12.6. The fraction of sp³-hybridized carbons (Fsp3) is 0.238. The number of carbonyl (C=O) groups is 2. The average Bonchev–Trinajstić information content (AvgIpc) is 3.15. The predicted octanol–water partition coefficient (Wildman–Crippen LogP) is 3.04. The standard InChI is InChI=1S/C21H20N2O5/c1-13(18-10-14-6-5-9-17(26-2)21(14)28-18)22-19(24)11-23-15-7-3-4-8-16(15)27-12-20(23)25/h3-10,13H,11-12H2,1-2H3,(H,22,24). The number of amides is 2. The zero-order valence-corrected chi connectivity index (χ0v) is 15.6. The first-order chi connectivity index (χ1) is 13.6. The van der Waals surface area contributed by atoms with Gasteiger partial charge in [-0.25, -0.2) is 0 Å². The average molecular weight is 380 g/mol. The smallest absolute Gasteiger partial charge is 0.265 e. The highest BCUT2D eigenvalue weighted by Gasteiger charge is 2.27. The van der Waals surface area contributed by atoms with Crippen LogP contribution in [0.25, 0.3) is 11.0 Å². The molecule has 0 aliphatic carbocycles. The van der Waals surface area contributed by atoms with E-state index in [1.165, 1.54) is 4.90 Å². The number of hydrogen-bond acceptors (Lipinski definition) is 5. The number of nitrogens with one attached hydrogen (secondary N) is 1. The first-order valence-corrected chi connectivity index (χ1v) is 8.95. The van der Waals surface area contributed by atoms with Gasteiger partial charge in [0.2, 0.25) is 5.91 Å². The van der Waals surface area contributed by atoms with Crippen LogP contribution in [0.2, 0.25) is 0 Å². The molecule has 0 saturated heterocycles. The van der Waals surface area contributed by atoms with Crippen LogP contribution in [0.5, 0.6) is 11.5 Å². The lowest BCUT2D eigenvalue weighted by atomic mass is 10.2. The van der Waals surface area contributed by atoms with Gasteiger partial charge in [0.1, 0.15) is 18.1 Å². The monoisotopic (exact) mass is 380 g/mol. The second-order valence-corrected chi connectivity index (χ2v) is 6.55. The number of carbonyl (C=O) groups excluding carboxylic acids is 2. The Labute approximate surface area is 161 Å². The third-order valence-corrected chi connectivity index (χ3v) is 4.66. The fourth-order valence-corrected chi connectivity index (χ4v) is 3.26. The molecule has 1 aromatic heterocycles. The van der Waals surface area contributed by atoms with E-state index in [2.05, 4.69) is 5.32 Å². The highest BCUT2D eigenvalue weighted by atomic mass is 16.5. The summed E-state index contributed by atoms with van der Waals surface area (Å²) < 4.78 is 16.6. The Morgan fingerprint density at radius 2 is 2.07 bits per heavy atom. The summed E-state index contributed by atoms with van der Waals surface area (Å²) >= 11 is 0. The molecule has 144 valence electrons. The van der Waals surface area contributed by atoms with Gasteiger partial charge in [-0.05, 0) is 31.2 Å². The van der Waals surface area contributed by atoms with Crippen molar-refractivity contribution in [2.75, 3.05) is 25.2 Å². The molecule has 0 spiro atoms. The zero-order chi connectivity index (χ0) is 19.7. The molecule has 1 aliphatic rings. The number of fused-ring (bicyclic) bond motifs is 2. The van der Waals surface area contributed by atoms with E-state index in [1.807, 2.05) is 37.3 Å². The van der Waals surface area contributed by atoms with Crippen LogP contribution in [0.3, 0.4) is 0 Å². The molecule has 4 rings (SSSR count). The van der Waals surface area contributed by atoms with Crippen LogP contribution in [0.15, 0.2) is 52.9 Å². The molecule has 1 N–H and O–H groups in total. The molecule has 0 fully saturated rings. The van der Waals surface area contributed by atoms with Crippen molar-refractivity contribution in [3.05, 3.63) is 54.3 Å². The Morgan fingerprint density at radius 1 is 1.25 bits per heavy atom. The Hall–Kier alpha value is -3.48. The lowest BCUT2D eigenvalue weighted by Crippen LogP contribution is -2.45. The summed E-state index contributed by atoms with van der Waals surface area (Å²) in [7, 11) is 1.58. The lowest BCUT2D eigenvalue weighted by molar-refractivity contribution is -0.125.